The van der Waals surface area contributed by atoms with Crippen LogP contribution in [0.5, 0.6) is 0 Å². The quantitative estimate of drug-likeness (QED) is 0.782. The molecule has 0 N–H and O–H groups in total. The topological polar surface area (TPSA) is 25.8 Å². The van der Waals surface area contributed by atoms with Crippen LogP contribution in [0.2, 0.25) is 5.15 Å². The first kappa shape index (κ1) is 12.1. The zero-order chi connectivity index (χ0) is 12.5. The second-order valence-electron chi connectivity index (χ2n) is 4.51. The molecule has 0 saturated heterocycles. The van der Waals surface area contributed by atoms with E-state index < -0.39 is 0 Å². The van der Waals surface area contributed by atoms with Gasteiger partial charge in [-0.1, -0.05) is 39.7 Å². The number of rotatable bonds is 2. The van der Waals surface area contributed by atoms with Crippen LogP contribution in [0.4, 0.5) is 0 Å². The fourth-order valence-corrected chi connectivity index (χ4v) is 2.86. The van der Waals surface area contributed by atoms with Gasteiger partial charge >= 0.3 is 0 Å². The third-order valence-electron chi connectivity index (χ3n) is 3.20. The molecule has 3 rings (SSSR count). The van der Waals surface area contributed by atoms with Crippen LogP contribution >= 0.6 is 27.5 Å². The minimum absolute atomic E-state index is 0.643. The summed E-state index contributed by atoms with van der Waals surface area (Å²) in [6, 6.07) is 8.22. The summed E-state index contributed by atoms with van der Waals surface area (Å²) in [5.74, 6) is 0.822. The van der Waals surface area contributed by atoms with Gasteiger partial charge in [-0.05, 0) is 37.0 Å². The molecule has 0 aliphatic heterocycles. The Labute approximate surface area is 120 Å². The second-order valence-corrected chi connectivity index (χ2v) is 5.79. The molecule has 1 heterocycles. The van der Waals surface area contributed by atoms with E-state index in [2.05, 4.69) is 38.0 Å². The average Bonchev–Trinajstić information content (AvgIpc) is 2.81. The molecular weight excluding hydrogens is 312 g/mol. The number of aryl methyl sites for hydroxylation is 1. The van der Waals surface area contributed by atoms with Gasteiger partial charge in [-0.25, -0.2) is 9.97 Å². The third kappa shape index (κ3) is 2.43. The zero-order valence-corrected chi connectivity index (χ0v) is 12.1. The standard InChI is InChI=1S/C14H12BrClN2/c15-10-6-4-9(5-7-10)8-13-17-12-3-1-2-11(12)14(16)18-13/h4-7H,1-3,8H2. The molecular formula is C14H12BrClN2. The summed E-state index contributed by atoms with van der Waals surface area (Å²) in [6.07, 6.45) is 3.93. The van der Waals surface area contributed by atoms with E-state index in [9.17, 15) is 0 Å². The maximum atomic E-state index is 6.21. The van der Waals surface area contributed by atoms with Gasteiger partial charge in [0.1, 0.15) is 11.0 Å². The zero-order valence-electron chi connectivity index (χ0n) is 9.79. The van der Waals surface area contributed by atoms with Crippen LogP contribution in [0, 0.1) is 0 Å². The van der Waals surface area contributed by atoms with E-state index in [0.29, 0.717) is 5.15 Å². The first-order valence-corrected chi connectivity index (χ1v) is 7.18. The first-order valence-electron chi connectivity index (χ1n) is 6.01. The Kier molecular flexibility index (Phi) is 3.35. The van der Waals surface area contributed by atoms with Crippen molar-refractivity contribution in [1.29, 1.82) is 0 Å². The number of hydrogen-bond donors (Lipinski definition) is 0. The van der Waals surface area contributed by atoms with Gasteiger partial charge < -0.3 is 0 Å². The fraction of sp³-hybridized carbons (Fsp3) is 0.286. The highest BCUT2D eigenvalue weighted by atomic mass is 79.9. The summed E-state index contributed by atoms with van der Waals surface area (Å²) in [7, 11) is 0. The van der Waals surface area contributed by atoms with E-state index in [4.69, 9.17) is 11.6 Å². The van der Waals surface area contributed by atoms with Gasteiger partial charge in [0.25, 0.3) is 0 Å². The predicted molar refractivity (Wildman–Crippen MR) is 76.0 cm³/mol. The van der Waals surface area contributed by atoms with Gasteiger partial charge in [0.15, 0.2) is 0 Å². The smallest absolute Gasteiger partial charge is 0.136 e. The molecule has 1 aliphatic carbocycles. The van der Waals surface area contributed by atoms with Crippen molar-refractivity contribution >= 4 is 27.5 Å². The number of benzene rings is 1. The molecule has 1 aliphatic rings. The Morgan fingerprint density at radius 3 is 2.67 bits per heavy atom. The highest BCUT2D eigenvalue weighted by Crippen LogP contribution is 2.26. The number of fused-ring (bicyclic) bond motifs is 1. The molecule has 0 spiro atoms. The Hall–Kier alpha value is -0.930. The van der Waals surface area contributed by atoms with Crippen LogP contribution < -0.4 is 0 Å². The molecule has 18 heavy (non-hydrogen) atoms. The Bertz CT molecular complexity index is 581. The van der Waals surface area contributed by atoms with Crippen LogP contribution in [0.25, 0.3) is 0 Å². The first-order chi connectivity index (χ1) is 8.72. The Balaban J connectivity index is 1.89. The van der Waals surface area contributed by atoms with Crippen LogP contribution in [-0.2, 0) is 19.3 Å². The van der Waals surface area contributed by atoms with Gasteiger partial charge in [0.2, 0.25) is 0 Å². The molecule has 1 aromatic heterocycles. The summed E-state index contributed by atoms with van der Waals surface area (Å²) >= 11 is 9.64. The second kappa shape index (κ2) is 4.98. The van der Waals surface area contributed by atoms with Crippen molar-refractivity contribution in [3.63, 3.8) is 0 Å². The monoisotopic (exact) mass is 322 g/mol. The lowest BCUT2D eigenvalue weighted by atomic mass is 10.1. The lowest BCUT2D eigenvalue weighted by Crippen LogP contribution is -2.02. The van der Waals surface area contributed by atoms with Crippen molar-refractivity contribution < 1.29 is 0 Å². The van der Waals surface area contributed by atoms with Crippen molar-refractivity contribution in [1.82, 2.24) is 9.97 Å². The van der Waals surface area contributed by atoms with Gasteiger partial charge in [-0.2, -0.15) is 0 Å². The lowest BCUT2D eigenvalue weighted by Gasteiger charge is -2.06. The van der Waals surface area contributed by atoms with Crippen molar-refractivity contribution in [2.75, 3.05) is 0 Å². The van der Waals surface area contributed by atoms with Gasteiger partial charge in [-0.3, -0.25) is 0 Å². The van der Waals surface area contributed by atoms with Gasteiger partial charge in [0.05, 0.1) is 0 Å². The van der Waals surface area contributed by atoms with Crippen molar-refractivity contribution in [2.45, 2.75) is 25.7 Å². The Morgan fingerprint density at radius 2 is 1.89 bits per heavy atom. The molecule has 1 aromatic carbocycles. The SMILES string of the molecule is Clc1nc(Cc2ccc(Br)cc2)nc2c1CCC2. The highest BCUT2D eigenvalue weighted by molar-refractivity contribution is 9.10. The molecule has 0 saturated carbocycles. The summed E-state index contributed by atoms with van der Waals surface area (Å²) < 4.78 is 1.08. The lowest BCUT2D eigenvalue weighted by molar-refractivity contribution is 0.885. The molecule has 0 fully saturated rings. The molecule has 92 valence electrons. The molecule has 0 unspecified atom stereocenters. The summed E-state index contributed by atoms with van der Waals surface area (Å²) in [4.78, 5) is 9.03. The van der Waals surface area contributed by atoms with Crippen LogP contribution in [0.1, 0.15) is 29.1 Å². The van der Waals surface area contributed by atoms with Gasteiger partial charge in [-0.15, -0.1) is 0 Å². The number of nitrogens with zero attached hydrogens (tertiary/aromatic N) is 2. The maximum Gasteiger partial charge on any atom is 0.136 e. The van der Waals surface area contributed by atoms with Crippen LogP contribution in [0.3, 0.4) is 0 Å². The minimum Gasteiger partial charge on any atom is -0.237 e. The molecule has 0 atom stereocenters. The average molecular weight is 324 g/mol. The number of aromatic nitrogens is 2. The van der Waals surface area contributed by atoms with E-state index >= 15 is 0 Å². The predicted octanol–water partition coefficient (Wildman–Crippen LogP) is 3.97. The summed E-state index contributed by atoms with van der Waals surface area (Å²) in [6.45, 7) is 0. The van der Waals surface area contributed by atoms with Crippen LogP contribution in [-0.4, -0.2) is 9.97 Å². The van der Waals surface area contributed by atoms with E-state index in [0.717, 1.165) is 47.2 Å². The third-order valence-corrected chi connectivity index (χ3v) is 4.05. The number of hydrogen-bond acceptors (Lipinski definition) is 2. The molecule has 4 heteroatoms. The van der Waals surface area contributed by atoms with E-state index in [1.54, 1.807) is 0 Å². The van der Waals surface area contributed by atoms with Crippen LogP contribution in [0.15, 0.2) is 28.7 Å². The van der Waals surface area contributed by atoms with Crippen molar-refractivity contribution in [3.05, 3.63) is 56.5 Å². The fourth-order valence-electron chi connectivity index (χ4n) is 2.30. The normalized spacial score (nSPS) is 13.7. The minimum atomic E-state index is 0.643. The summed E-state index contributed by atoms with van der Waals surface area (Å²) in [5, 5.41) is 0.643. The van der Waals surface area contributed by atoms with E-state index in [1.165, 1.54) is 5.56 Å². The van der Waals surface area contributed by atoms with E-state index in [-0.39, 0.29) is 0 Å². The molecule has 0 bridgehead atoms. The van der Waals surface area contributed by atoms with Gasteiger partial charge in [0, 0.05) is 22.2 Å². The molecule has 2 aromatic rings. The van der Waals surface area contributed by atoms with Crippen molar-refractivity contribution in [3.8, 4) is 0 Å². The van der Waals surface area contributed by atoms with E-state index in [1.807, 2.05) is 12.1 Å². The highest BCUT2D eigenvalue weighted by Gasteiger charge is 2.18. The summed E-state index contributed by atoms with van der Waals surface area (Å²) in [5.41, 5.74) is 3.49. The Morgan fingerprint density at radius 1 is 1.11 bits per heavy atom. The van der Waals surface area contributed by atoms with Crippen molar-refractivity contribution in [2.24, 2.45) is 0 Å². The largest absolute Gasteiger partial charge is 0.237 e. The molecule has 0 amide bonds. The molecule has 2 nitrogen and oxygen atoms in total. The number of halogens is 2. The molecule has 0 radical (unpaired) electrons. The maximum absolute atomic E-state index is 6.21.